The number of hydrogen-bond donors (Lipinski definition) is 2. The number of anilines is 1. The van der Waals surface area contributed by atoms with Crippen LogP contribution in [0.2, 0.25) is 0 Å². The maximum absolute atomic E-state index is 12.0. The zero-order chi connectivity index (χ0) is 14.4. The lowest BCUT2D eigenvalue weighted by molar-refractivity contribution is 0.0945. The van der Waals surface area contributed by atoms with Gasteiger partial charge in [0.25, 0.3) is 5.91 Å². The predicted octanol–water partition coefficient (Wildman–Crippen LogP) is 1.99. The molecular weight excluding hydrogens is 274 g/mol. The van der Waals surface area contributed by atoms with Gasteiger partial charge in [-0.2, -0.15) is 0 Å². The van der Waals surface area contributed by atoms with Crippen molar-refractivity contribution in [3.05, 3.63) is 34.2 Å². The SMILES string of the molecule is CCCNc1cncc(C(=O)NCc2ncc(C)s2)n1. The van der Waals surface area contributed by atoms with Gasteiger partial charge in [0, 0.05) is 17.6 Å². The normalized spacial score (nSPS) is 10.3. The summed E-state index contributed by atoms with van der Waals surface area (Å²) in [6.45, 7) is 5.26. The number of aryl methyl sites for hydroxylation is 1. The fourth-order valence-electron chi connectivity index (χ4n) is 1.54. The van der Waals surface area contributed by atoms with Crippen LogP contribution < -0.4 is 10.6 Å². The highest BCUT2D eigenvalue weighted by Gasteiger charge is 2.09. The maximum atomic E-state index is 12.0. The number of rotatable bonds is 6. The summed E-state index contributed by atoms with van der Waals surface area (Å²) >= 11 is 1.56. The molecule has 0 aliphatic carbocycles. The Bertz CT molecular complexity index is 584. The zero-order valence-electron chi connectivity index (χ0n) is 11.5. The fraction of sp³-hybridized carbons (Fsp3) is 0.385. The van der Waals surface area contributed by atoms with E-state index < -0.39 is 0 Å². The van der Waals surface area contributed by atoms with E-state index in [4.69, 9.17) is 0 Å². The first-order valence-corrected chi connectivity index (χ1v) is 7.26. The van der Waals surface area contributed by atoms with Gasteiger partial charge in [-0.15, -0.1) is 11.3 Å². The first kappa shape index (κ1) is 14.4. The van der Waals surface area contributed by atoms with Gasteiger partial charge in [0.2, 0.25) is 0 Å². The third-order valence-electron chi connectivity index (χ3n) is 2.49. The topological polar surface area (TPSA) is 79.8 Å². The molecule has 0 aliphatic rings. The molecule has 2 aromatic rings. The number of amides is 1. The van der Waals surface area contributed by atoms with Gasteiger partial charge in [-0.25, -0.2) is 9.97 Å². The van der Waals surface area contributed by atoms with Crippen molar-refractivity contribution >= 4 is 23.1 Å². The molecule has 106 valence electrons. The van der Waals surface area contributed by atoms with E-state index in [0.717, 1.165) is 22.9 Å². The van der Waals surface area contributed by atoms with Crippen molar-refractivity contribution in [1.82, 2.24) is 20.3 Å². The van der Waals surface area contributed by atoms with Crippen LogP contribution >= 0.6 is 11.3 Å². The molecule has 20 heavy (non-hydrogen) atoms. The Labute approximate surface area is 121 Å². The molecule has 0 unspecified atom stereocenters. The highest BCUT2D eigenvalue weighted by Crippen LogP contribution is 2.10. The van der Waals surface area contributed by atoms with Gasteiger partial charge in [-0.3, -0.25) is 9.78 Å². The van der Waals surface area contributed by atoms with Crippen molar-refractivity contribution in [2.75, 3.05) is 11.9 Å². The summed E-state index contributed by atoms with van der Waals surface area (Å²) in [6, 6.07) is 0. The van der Waals surface area contributed by atoms with Crippen LogP contribution in [0, 0.1) is 6.92 Å². The second kappa shape index (κ2) is 6.95. The van der Waals surface area contributed by atoms with E-state index >= 15 is 0 Å². The Morgan fingerprint density at radius 2 is 2.20 bits per heavy atom. The molecule has 0 aliphatic heterocycles. The van der Waals surface area contributed by atoms with Crippen LogP contribution in [0.1, 0.15) is 33.7 Å². The molecule has 6 nitrogen and oxygen atoms in total. The van der Waals surface area contributed by atoms with Gasteiger partial charge >= 0.3 is 0 Å². The van der Waals surface area contributed by atoms with E-state index in [1.165, 1.54) is 6.20 Å². The van der Waals surface area contributed by atoms with E-state index in [1.54, 1.807) is 23.7 Å². The van der Waals surface area contributed by atoms with E-state index in [2.05, 4.69) is 32.5 Å². The lowest BCUT2D eigenvalue weighted by Gasteiger charge is -2.06. The van der Waals surface area contributed by atoms with Crippen LogP contribution in [0.3, 0.4) is 0 Å². The first-order valence-electron chi connectivity index (χ1n) is 6.44. The highest BCUT2D eigenvalue weighted by molar-refractivity contribution is 7.11. The van der Waals surface area contributed by atoms with Crippen molar-refractivity contribution in [2.45, 2.75) is 26.8 Å². The smallest absolute Gasteiger partial charge is 0.271 e. The summed E-state index contributed by atoms with van der Waals surface area (Å²) in [5, 5.41) is 6.77. The van der Waals surface area contributed by atoms with E-state index in [0.29, 0.717) is 18.1 Å². The van der Waals surface area contributed by atoms with Gasteiger partial charge in [0.05, 0.1) is 18.9 Å². The fourth-order valence-corrected chi connectivity index (χ4v) is 2.27. The van der Waals surface area contributed by atoms with Crippen molar-refractivity contribution in [3.63, 3.8) is 0 Å². The Morgan fingerprint density at radius 3 is 2.90 bits per heavy atom. The molecule has 0 saturated heterocycles. The molecule has 0 bridgehead atoms. The number of nitrogens with one attached hydrogen (secondary N) is 2. The Hall–Kier alpha value is -2.02. The first-order chi connectivity index (χ1) is 9.69. The number of carbonyl (C=O) groups excluding carboxylic acids is 1. The van der Waals surface area contributed by atoms with Crippen molar-refractivity contribution in [3.8, 4) is 0 Å². The summed E-state index contributed by atoms with van der Waals surface area (Å²) in [6.07, 6.45) is 5.85. The quantitative estimate of drug-likeness (QED) is 0.851. The Kier molecular flexibility index (Phi) is 5.00. The van der Waals surface area contributed by atoms with Gasteiger partial charge < -0.3 is 10.6 Å². The number of aromatic nitrogens is 3. The van der Waals surface area contributed by atoms with Crippen molar-refractivity contribution < 1.29 is 4.79 Å². The summed E-state index contributed by atoms with van der Waals surface area (Å²) < 4.78 is 0. The molecule has 0 spiro atoms. The average Bonchev–Trinajstić information content (AvgIpc) is 2.88. The van der Waals surface area contributed by atoms with Crippen LogP contribution in [0.15, 0.2) is 18.6 Å². The van der Waals surface area contributed by atoms with Crippen LogP contribution in [-0.4, -0.2) is 27.4 Å². The van der Waals surface area contributed by atoms with E-state index in [9.17, 15) is 4.79 Å². The zero-order valence-corrected chi connectivity index (χ0v) is 12.3. The van der Waals surface area contributed by atoms with Crippen LogP contribution in [0.4, 0.5) is 5.82 Å². The minimum Gasteiger partial charge on any atom is -0.369 e. The molecule has 7 heteroatoms. The van der Waals surface area contributed by atoms with Gasteiger partial charge in [-0.05, 0) is 13.3 Å². The lowest BCUT2D eigenvalue weighted by Crippen LogP contribution is -2.24. The Balaban J connectivity index is 1.94. The minimum atomic E-state index is -0.245. The highest BCUT2D eigenvalue weighted by atomic mass is 32.1. The summed E-state index contributed by atoms with van der Waals surface area (Å²) in [5.74, 6) is 0.370. The maximum Gasteiger partial charge on any atom is 0.271 e. The average molecular weight is 291 g/mol. The molecule has 2 rings (SSSR count). The molecule has 0 fully saturated rings. The number of thiazole rings is 1. The van der Waals surface area contributed by atoms with Crippen LogP contribution in [0.25, 0.3) is 0 Å². The molecule has 2 N–H and O–H groups in total. The van der Waals surface area contributed by atoms with Gasteiger partial charge in [0.1, 0.15) is 16.5 Å². The second-order valence-electron chi connectivity index (χ2n) is 4.26. The molecule has 1 amide bonds. The van der Waals surface area contributed by atoms with Gasteiger partial charge in [-0.1, -0.05) is 6.92 Å². The van der Waals surface area contributed by atoms with Crippen LogP contribution in [-0.2, 0) is 6.54 Å². The largest absolute Gasteiger partial charge is 0.369 e. The third-order valence-corrected chi connectivity index (χ3v) is 3.41. The molecule has 2 aromatic heterocycles. The van der Waals surface area contributed by atoms with Crippen LogP contribution in [0.5, 0.6) is 0 Å². The molecular formula is C13H17N5OS. The number of hydrogen-bond acceptors (Lipinski definition) is 6. The monoisotopic (exact) mass is 291 g/mol. The summed E-state index contributed by atoms with van der Waals surface area (Å²) in [4.78, 5) is 25.5. The second-order valence-corrected chi connectivity index (χ2v) is 5.58. The standard InChI is InChI=1S/C13H17N5OS/c1-3-4-15-11-7-14-6-10(18-11)13(19)17-8-12-16-5-9(2)20-12/h5-7H,3-4,8H2,1-2H3,(H,15,18)(H,17,19). The van der Waals surface area contributed by atoms with Gasteiger partial charge in [0.15, 0.2) is 0 Å². The summed E-state index contributed by atoms with van der Waals surface area (Å²) in [5.41, 5.74) is 0.305. The molecule has 0 radical (unpaired) electrons. The lowest BCUT2D eigenvalue weighted by atomic mass is 10.4. The minimum absolute atomic E-state index is 0.245. The van der Waals surface area contributed by atoms with E-state index in [1.807, 2.05) is 6.92 Å². The predicted molar refractivity (Wildman–Crippen MR) is 78.8 cm³/mol. The molecule has 2 heterocycles. The van der Waals surface area contributed by atoms with E-state index in [-0.39, 0.29) is 5.91 Å². The summed E-state index contributed by atoms with van der Waals surface area (Å²) in [7, 11) is 0. The molecule has 0 aromatic carbocycles. The van der Waals surface area contributed by atoms with Crippen molar-refractivity contribution in [1.29, 1.82) is 0 Å². The third kappa shape index (κ3) is 3.99. The molecule has 0 saturated carbocycles. The Morgan fingerprint density at radius 1 is 1.35 bits per heavy atom. The number of carbonyl (C=O) groups is 1. The molecule has 0 atom stereocenters. The van der Waals surface area contributed by atoms with Crippen molar-refractivity contribution in [2.24, 2.45) is 0 Å². The number of nitrogens with zero attached hydrogens (tertiary/aromatic N) is 3.